The molecule has 1 aliphatic rings. The summed E-state index contributed by atoms with van der Waals surface area (Å²) in [4.78, 5) is 31.3. The highest BCUT2D eigenvalue weighted by atomic mass is 16.5. The quantitative estimate of drug-likeness (QED) is 0.629. The summed E-state index contributed by atoms with van der Waals surface area (Å²) in [6, 6.07) is 3.52. The Labute approximate surface area is 109 Å². The molecule has 19 heavy (non-hydrogen) atoms. The van der Waals surface area contributed by atoms with Gasteiger partial charge in [0.2, 0.25) is 5.91 Å². The molecule has 3 rings (SSSR count). The molecule has 2 heterocycles. The standard InChI is InChI=1S/C13H13N3O3/c1-3-19-12(18)13(2)7-4-9-10(15-6-14-9)5-8(7)16-11(13)17/h4-6H,3H2,1-2H3,(H,14,15)(H,16,17). The van der Waals surface area contributed by atoms with Gasteiger partial charge in [0.25, 0.3) is 0 Å². The summed E-state index contributed by atoms with van der Waals surface area (Å²) in [7, 11) is 0. The Morgan fingerprint density at radius 2 is 2.26 bits per heavy atom. The van der Waals surface area contributed by atoms with Crippen molar-refractivity contribution in [2.75, 3.05) is 11.9 Å². The molecule has 1 unspecified atom stereocenters. The third kappa shape index (κ3) is 1.46. The van der Waals surface area contributed by atoms with Crippen LogP contribution in [0.15, 0.2) is 18.5 Å². The third-order valence-corrected chi connectivity index (χ3v) is 3.48. The molecule has 2 aromatic rings. The zero-order valence-corrected chi connectivity index (χ0v) is 10.6. The van der Waals surface area contributed by atoms with E-state index in [1.807, 2.05) is 0 Å². The molecule has 0 saturated heterocycles. The van der Waals surface area contributed by atoms with Crippen LogP contribution in [0.3, 0.4) is 0 Å². The summed E-state index contributed by atoms with van der Waals surface area (Å²) in [5.74, 6) is -0.904. The summed E-state index contributed by atoms with van der Waals surface area (Å²) in [6.07, 6.45) is 1.57. The lowest BCUT2D eigenvalue weighted by Crippen LogP contribution is -2.40. The van der Waals surface area contributed by atoms with Crippen LogP contribution >= 0.6 is 0 Å². The molecule has 1 aliphatic heterocycles. The Morgan fingerprint density at radius 1 is 1.47 bits per heavy atom. The fourth-order valence-electron chi connectivity index (χ4n) is 2.35. The van der Waals surface area contributed by atoms with Crippen LogP contribution < -0.4 is 5.32 Å². The molecular weight excluding hydrogens is 246 g/mol. The molecule has 98 valence electrons. The number of imidazole rings is 1. The van der Waals surface area contributed by atoms with Crippen molar-refractivity contribution in [3.8, 4) is 0 Å². The Morgan fingerprint density at radius 3 is 3.00 bits per heavy atom. The molecule has 0 aliphatic carbocycles. The molecule has 1 aromatic heterocycles. The minimum Gasteiger partial charge on any atom is -0.465 e. The normalized spacial score (nSPS) is 21.3. The lowest BCUT2D eigenvalue weighted by Gasteiger charge is -2.19. The Hall–Kier alpha value is -2.37. The van der Waals surface area contributed by atoms with Gasteiger partial charge in [-0.2, -0.15) is 0 Å². The highest BCUT2D eigenvalue weighted by Crippen LogP contribution is 2.40. The number of hydrogen-bond acceptors (Lipinski definition) is 4. The summed E-state index contributed by atoms with van der Waals surface area (Å²) < 4.78 is 5.02. The summed E-state index contributed by atoms with van der Waals surface area (Å²) in [5.41, 5.74) is 1.45. The lowest BCUT2D eigenvalue weighted by atomic mass is 9.83. The van der Waals surface area contributed by atoms with E-state index in [1.54, 1.807) is 32.3 Å². The fraction of sp³-hybridized carbons (Fsp3) is 0.308. The van der Waals surface area contributed by atoms with Crippen molar-refractivity contribution in [1.82, 2.24) is 9.97 Å². The second-order valence-electron chi connectivity index (χ2n) is 4.62. The smallest absolute Gasteiger partial charge is 0.326 e. The number of esters is 1. The number of fused-ring (bicyclic) bond motifs is 2. The molecule has 0 radical (unpaired) electrons. The predicted molar refractivity (Wildman–Crippen MR) is 68.7 cm³/mol. The van der Waals surface area contributed by atoms with E-state index in [4.69, 9.17) is 4.74 Å². The monoisotopic (exact) mass is 259 g/mol. The average Bonchev–Trinajstić information content (AvgIpc) is 2.92. The van der Waals surface area contributed by atoms with Gasteiger partial charge in [0.1, 0.15) is 0 Å². The molecular formula is C13H13N3O3. The number of ether oxygens (including phenoxy) is 1. The highest BCUT2D eigenvalue weighted by molar-refractivity contribution is 6.19. The fourth-order valence-corrected chi connectivity index (χ4v) is 2.35. The van der Waals surface area contributed by atoms with Crippen LogP contribution in [0.4, 0.5) is 5.69 Å². The van der Waals surface area contributed by atoms with Gasteiger partial charge >= 0.3 is 5.97 Å². The maximum atomic E-state index is 12.1. The molecule has 1 amide bonds. The second kappa shape index (κ2) is 3.81. The number of aromatic nitrogens is 2. The van der Waals surface area contributed by atoms with Crippen molar-refractivity contribution in [2.45, 2.75) is 19.3 Å². The van der Waals surface area contributed by atoms with Gasteiger partial charge in [-0.15, -0.1) is 0 Å². The van der Waals surface area contributed by atoms with E-state index in [0.29, 0.717) is 11.3 Å². The number of rotatable bonds is 2. The summed E-state index contributed by atoms with van der Waals surface area (Å²) in [5, 5.41) is 2.72. The Kier molecular flexibility index (Phi) is 2.35. The first kappa shape index (κ1) is 11.7. The van der Waals surface area contributed by atoms with Crippen molar-refractivity contribution < 1.29 is 14.3 Å². The highest BCUT2D eigenvalue weighted by Gasteiger charge is 2.50. The number of anilines is 1. The zero-order valence-electron chi connectivity index (χ0n) is 10.6. The van der Waals surface area contributed by atoms with Crippen LogP contribution in [0.2, 0.25) is 0 Å². The van der Waals surface area contributed by atoms with Crippen LogP contribution in [0.1, 0.15) is 19.4 Å². The molecule has 1 atom stereocenters. The molecule has 1 aromatic carbocycles. The van der Waals surface area contributed by atoms with Gasteiger partial charge in [-0.05, 0) is 26.0 Å². The minimum absolute atomic E-state index is 0.239. The number of nitrogens with zero attached hydrogens (tertiary/aromatic N) is 1. The number of aromatic amines is 1. The predicted octanol–water partition coefficient (Wildman–Crippen LogP) is 1.34. The van der Waals surface area contributed by atoms with E-state index < -0.39 is 11.4 Å². The topological polar surface area (TPSA) is 84.1 Å². The van der Waals surface area contributed by atoms with Gasteiger partial charge in [-0.25, -0.2) is 4.98 Å². The van der Waals surface area contributed by atoms with E-state index in [0.717, 1.165) is 11.0 Å². The lowest BCUT2D eigenvalue weighted by molar-refractivity contribution is -0.152. The summed E-state index contributed by atoms with van der Waals surface area (Å²) in [6.45, 7) is 3.53. The maximum Gasteiger partial charge on any atom is 0.326 e. The number of amides is 1. The Balaban J connectivity index is 2.19. The van der Waals surface area contributed by atoms with Crippen molar-refractivity contribution in [1.29, 1.82) is 0 Å². The molecule has 0 fully saturated rings. The van der Waals surface area contributed by atoms with Gasteiger partial charge < -0.3 is 15.0 Å². The van der Waals surface area contributed by atoms with Crippen LogP contribution in [-0.2, 0) is 19.7 Å². The first-order valence-corrected chi connectivity index (χ1v) is 6.03. The van der Waals surface area contributed by atoms with Gasteiger partial charge in [0.05, 0.1) is 24.0 Å². The molecule has 6 heteroatoms. The molecule has 0 saturated carbocycles. The van der Waals surface area contributed by atoms with Crippen molar-refractivity contribution in [3.63, 3.8) is 0 Å². The minimum atomic E-state index is -1.30. The van der Waals surface area contributed by atoms with Crippen molar-refractivity contribution in [2.24, 2.45) is 0 Å². The first-order valence-electron chi connectivity index (χ1n) is 6.03. The third-order valence-electron chi connectivity index (χ3n) is 3.48. The van der Waals surface area contributed by atoms with Crippen molar-refractivity contribution >= 4 is 28.6 Å². The number of H-pyrrole nitrogens is 1. The first-order chi connectivity index (χ1) is 9.07. The van der Waals surface area contributed by atoms with Gasteiger partial charge in [0, 0.05) is 11.3 Å². The van der Waals surface area contributed by atoms with E-state index in [9.17, 15) is 9.59 Å². The van der Waals surface area contributed by atoms with Gasteiger partial charge in [0.15, 0.2) is 5.41 Å². The van der Waals surface area contributed by atoms with Crippen LogP contribution in [0, 0.1) is 0 Å². The number of hydrogen-bond donors (Lipinski definition) is 2. The van der Waals surface area contributed by atoms with Gasteiger partial charge in [-0.3, -0.25) is 9.59 Å². The maximum absolute atomic E-state index is 12.1. The second-order valence-corrected chi connectivity index (χ2v) is 4.62. The van der Waals surface area contributed by atoms with Crippen LogP contribution in [-0.4, -0.2) is 28.5 Å². The van der Waals surface area contributed by atoms with Crippen molar-refractivity contribution in [3.05, 3.63) is 24.0 Å². The largest absolute Gasteiger partial charge is 0.465 e. The van der Waals surface area contributed by atoms with E-state index in [2.05, 4.69) is 15.3 Å². The average molecular weight is 259 g/mol. The molecule has 0 spiro atoms. The number of benzene rings is 1. The molecule has 2 N–H and O–H groups in total. The van der Waals surface area contributed by atoms with E-state index in [1.165, 1.54) is 0 Å². The van der Waals surface area contributed by atoms with E-state index >= 15 is 0 Å². The zero-order chi connectivity index (χ0) is 13.6. The summed E-state index contributed by atoms with van der Waals surface area (Å²) >= 11 is 0. The van der Waals surface area contributed by atoms with Gasteiger partial charge in [-0.1, -0.05) is 0 Å². The van der Waals surface area contributed by atoms with E-state index in [-0.39, 0.29) is 12.5 Å². The Bertz CT molecular complexity index is 691. The number of carbonyl (C=O) groups excluding carboxylic acids is 2. The number of nitrogens with one attached hydrogen (secondary N) is 2. The van der Waals surface area contributed by atoms with Crippen LogP contribution in [0.5, 0.6) is 0 Å². The SMILES string of the molecule is CCOC(=O)C1(C)C(=O)Nc2cc3nc[nH]c3cc21. The van der Waals surface area contributed by atoms with Crippen LogP contribution in [0.25, 0.3) is 11.0 Å². The molecule has 6 nitrogen and oxygen atoms in total. The molecule has 0 bridgehead atoms. The number of carbonyl (C=O) groups is 2.